The molecule has 0 spiro atoms. The van der Waals surface area contributed by atoms with Gasteiger partial charge in [-0.3, -0.25) is 9.59 Å². The molecule has 34 heavy (non-hydrogen) atoms. The highest BCUT2D eigenvalue weighted by Gasteiger charge is 2.13. The summed E-state index contributed by atoms with van der Waals surface area (Å²) in [6, 6.07) is 29.1. The number of carbonyl (C=O) groups excluding carboxylic acids is 1. The zero-order chi connectivity index (χ0) is 23.3. The summed E-state index contributed by atoms with van der Waals surface area (Å²) in [4.78, 5) is 32.9. The molecule has 0 saturated carbocycles. The van der Waals surface area contributed by atoms with Crippen LogP contribution in [0.4, 0.5) is 5.82 Å². The molecule has 0 aliphatic heterocycles. The molecule has 1 amide bonds. The summed E-state index contributed by atoms with van der Waals surface area (Å²) in [7, 11) is 0. The maximum Gasteiger partial charge on any atom is 0.225 e. The smallest absolute Gasteiger partial charge is 0.225 e. The fraction of sp³-hybridized carbons (Fsp3) is 0.138. The van der Waals surface area contributed by atoms with Crippen LogP contribution in [0.3, 0.4) is 0 Å². The van der Waals surface area contributed by atoms with Gasteiger partial charge in [0, 0.05) is 18.2 Å². The Labute approximate surface area is 197 Å². The second-order valence-corrected chi connectivity index (χ2v) is 8.46. The molecule has 4 aromatic carbocycles. The number of H-pyrrole nitrogens is 1. The van der Waals surface area contributed by atoms with Gasteiger partial charge in [0.05, 0.1) is 16.7 Å². The fourth-order valence-corrected chi connectivity index (χ4v) is 4.24. The first-order valence-electron chi connectivity index (χ1n) is 11.5. The van der Waals surface area contributed by atoms with Crippen LogP contribution >= 0.6 is 0 Å². The van der Waals surface area contributed by atoms with E-state index in [2.05, 4.69) is 34.6 Å². The van der Waals surface area contributed by atoms with Crippen molar-refractivity contribution in [2.24, 2.45) is 0 Å². The van der Waals surface area contributed by atoms with E-state index in [1.807, 2.05) is 54.6 Å². The zero-order valence-electron chi connectivity index (χ0n) is 18.8. The predicted molar refractivity (Wildman–Crippen MR) is 137 cm³/mol. The molecule has 5 nitrogen and oxygen atoms in total. The van der Waals surface area contributed by atoms with Gasteiger partial charge in [0.25, 0.3) is 0 Å². The number of aromatic nitrogens is 2. The molecular weight excluding hydrogens is 422 g/mol. The maximum atomic E-state index is 12.8. The number of hydrogen-bond donors (Lipinski definition) is 2. The lowest BCUT2D eigenvalue weighted by atomic mass is 10.1. The Balaban J connectivity index is 1.45. The molecule has 0 unspecified atom stereocenters. The first kappa shape index (κ1) is 21.6. The summed E-state index contributed by atoms with van der Waals surface area (Å²) in [6.07, 6.45) is 2.64. The van der Waals surface area contributed by atoms with Gasteiger partial charge in [0.15, 0.2) is 11.2 Å². The molecule has 0 atom stereocenters. The summed E-state index contributed by atoms with van der Waals surface area (Å²) in [5.74, 6) is 0.489. The number of hydrogen-bond acceptors (Lipinski definition) is 3. The van der Waals surface area contributed by atoms with Crippen molar-refractivity contribution < 1.29 is 4.79 Å². The second-order valence-electron chi connectivity index (χ2n) is 8.46. The highest BCUT2D eigenvalue weighted by Crippen LogP contribution is 2.26. The Morgan fingerprint density at radius 3 is 2.35 bits per heavy atom. The molecule has 5 rings (SSSR count). The van der Waals surface area contributed by atoms with Gasteiger partial charge < -0.3 is 10.3 Å². The van der Waals surface area contributed by atoms with Crippen molar-refractivity contribution >= 4 is 33.5 Å². The van der Waals surface area contributed by atoms with Crippen molar-refractivity contribution in [2.75, 3.05) is 5.32 Å². The first-order chi connectivity index (χ1) is 16.7. The van der Waals surface area contributed by atoms with Gasteiger partial charge in [-0.25, -0.2) is 4.98 Å². The van der Waals surface area contributed by atoms with Crippen LogP contribution in [0.15, 0.2) is 95.8 Å². The molecule has 0 fully saturated rings. The second kappa shape index (κ2) is 9.71. The number of carbonyl (C=O) groups is 1. The van der Waals surface area contributed by atoms with Crippen molar-refractivity contribution in [3.63, 3.8) is 0 Å². The van der Waals surface area contributed by atoms with Crippen molar-refractivity contribution in [1.29, 1.82) is 0 Å². The molecule has 0 aliphatic carbocycles. The topological polar surface area (TPSA) is 74.8 Å². The number of fused-ring (bicyclic) bond motifs is 3. The van der Waals surface area contributed by atoms with Crippen LogP contribution in [0, 0.1) is 0 Å². The van der Waals surface area contributed by atoms with Gasteiger partial charge in [-0.15, -0.1) is 0 Å². The van der Waals surface area contributed by atoms with Crippen LogP contribution in [0.1, 0.15) is 29.7 Å². The quantitative estimate of drug-likeness (QED) is 0.318. The van der Waals surface area contributed by atoms with Gasteiger partial charge in [0.1, 0.15) is 0 Å². The third-order valence-corrected chi connectivity index (χ3v) is 5.96. The van der Waals surface area contributed by atoms with E-state index in [0.29, 0.717) is 18.7 Å². The summed E-state index contributed by atoms with van der Waals surface area (Å²) < 4.78 is 0. The third kappa shape index (κ3) is 4.89. The number of nitrogens with one attached hydrogen (secondary N) is 2. The Morgan fingerprint density at radius 2 is 1.59 bits per heavy atom. The van der Waals surface area contributed by atoms with Gasteiger partial charge in [-0.05, 0) is 53.6 Å². The van der Waals surface area contributed by atoms with Crippen LogP contribution in [0.5, 0.6) is 0 Å². The number of nitrogens with zero attached hydrogens (tertiary/aromatic N) is 1. The molecule has 0 saturated heterocycles. The van der Waals surface area contributed by atoms with E-state index in [4.69, 9.17) is 4.98 Å². The average Bonchev–Trinajstić information content (AvgIpc) is 2.85. The van der Waals surface area contributed by atoms with E-state index < -0.39 is 0 Å². The third-order valence-electron chi connectivity index (χ3n) is 5.96. The molecule has 0 bridgehead atoms. The molecule has 5 heteroatoms. The van der Waals surface area contributed by atoms with Crippen LogP contribution in [-0.4, -0.2) is 15.9 Å². The largest absolute Gasteiger partial charge is 0.353 e. The first-order valence-corrected chi connectivity index (χ1v) is 11.5. The SMILES string of the molecule is O=C(CCCc1ccccc1)Nc1nc2ccc3cc(=O)ccc3c2[nH]c1Cc1ccccc1. The lowest BCUT2D eigenvalue weighted by molar-refractivity contribution is -0.116. The van der Waals surface area contributed by atoms with E-state index in [9.17, 15) is 9.59 Å². The normalized spacial score (nSPS) is 11.1. The molecule has 1 aromatic heterocycles. The minimum atomic E-state index is -0.0534. The van der Waals surface area contributed by atoms with Crippen LogP contribution in [-0.2, 0) is 17.6 Å². The van der Waals surface area contributed by atoms with Crippen molar-refractivity contribution in [1.82, 2.24) is 9.97 Å². The van der Waals surface area contributed by atoms with Crippen LogP contribution < -0.4 is 10.7 Å². The Bertz CT molecular complexity index is 1510. The lowest BCUT2D eigenvalue weighted by Crippen LogP contribution is -2.15. The Hall–Kier alpha value is -4.25. The summed E-state index contributed by atoms with van der Waals surface area (Å²) >= 11 is 0. The van der Waals surface area contributed by atoms with Gasteiger partial charge in [-0.2, -0.15) is 0 Å². The number of anilines is 1. The highest BCUT2D eigenvalue weighted by atomic mass is 16.1. The molecule has 2 N–H and O–H groups in total. The zero-order valence-corrected chi connectivity index (χ0v) is 18.8. The highest BCUT2D eigenvalue weighted by molar-refractivity contribution is 6.04. The number of aromatic amines is 1. The summed E-state index contributed by atoms with van der Waals surface area (Å²) in [5, 5.41) is 4.83. The minimum absolute atomic E-state index is 0.0243. The average molecular weight is 448 g/mol. The van der Waals surface area contributed by atoms with Gasteiger partial charge >= 0.3 is 0 Å². The van der Waals surface area contributed by atoms with Crippen LogP contribution in [0.2, 0.25) is 0 Å². The minimum Gasteiger partial charge on any atom is -0.353 e. The molecule has 0 aliphatic rings. The molecule has 1 heterocycles. The number of rotatable bonds is 7. The monoisotopic (exact) mass is 447 g/mol. The predicted octanol–water partition coefficient (Wildman–Crippen LogP) is 5.63. The van der Waals surface area contributed by atoms with E-state index in [1.54, 1.807) is 12.1 Å². The summed E-state index contributed by atoms with van der Waals surface area (Å²) in [5.41, 5.74) is 4.73. The van der Waals surface area contributed by atoms with Crippen molar-refractivity contribution in [2.45, 2.75) is 25.7 Å². The molecule has 5 aromatic rings. The fourth-order valence-electron chi connectivity index (χ4n) is 4.24. The standard InChI is InChI=1S/C29H25N3O2/c33-23-15-16-24-22(19-23)14-17-25-28(24)30-26(18-21-10-5-2-6-11-21)29(31-25)32-27(34)13-7-12-20-8-3-1-4-9-20/h1-6,8-11,14-17,19,30H,7,12-13,18H2,(H,32,34). The summed E-state index contributed by atoms with van der Waals surface area (Å²) in [6.45, 7) is 0. The van der Waals surface area contributed by atoms with Gasteiger partial charge in [-0.1, -0.05) is 66.7 Å². The molecular formula is C29H25N3O2. The van der Waals surface area contributed by atoms with Gasteiger partial charge in [0.2, 0.25) is 5.91 Å². The molecule has 0 radical (unpaired) electrons. The van der Waals surface area contributed by atoms with Crippen molar-refractivity contribution in [3.8, 4) is 0 Å². The van der Waals surface area contributed by atoms with E-state index in [1.165, 1.54) is 5.56 Å². The van der Waals surface area contributed by atoms with Crippen LogP contribution in [0.25, 0.3) is 21.8 Å². The number of amides is 1. The molecule has 168 valence electrons. The van der Waals surface area contributed by atoms with Crippen molar-refractivity contribution in [3.05, 3.63) is 118 Å². The Morgan fingerprint density at radius 1 is 0.853 bits per heavy atom. The maximum absolute atomic E-state index is 12.8. The number of benzene rings is 4. The van der Waals surface area contributed by atoms with E-state index >= 15 is 0 Å². The lowest BCUT2D eigenvalue weighted by Gasteiger charge is -2.14. The Kier molecular flexibility index (Phi) is 6.17. The van der Waals surface area contributed by atoms with E-state index in [-0.39, 0.29) is 11.3 Å². The van der Waals surface area contributed by atoms with E-state index in [0.717, 1.165) is 45.9 Å². The number of aryl methyl sites for hydroxylation is 1.